The zero-order valence-corrected chi connectivity index (χ0v) is 14.8. The van der Waals surface area contributed by atoms with Gasteiger partial charge in [-0.15, -0.1) is 4.83 Å². The van der Waals surface area contributed by atoms with E-state index in [4.69, 9.17) is 4.74 Å². The molecule has 0 aliphatic carbocycles. The van der Waals surface area contributed by atoms with Crippen LogP contribution in [0, 0.1) is 0 Å². The van der Waals surface area contributed by atoms with Crippen molar-refractivity contribution < 1.29 is 17.9 Å². The van der Waals surface area contributed by atoms with Crippen molar-refractivity contribution in [2.75, 3.05) is 0 Å². The second kappa shape index (κ2) is 8.46. The van der Waals surface area contributed by atoms with Crippen LogP contribution in [-0.4, -0.2) is 20.4 Å². The number of ether oxygens (including phenoxy) is 1. The van der Waals surface area contributed by atoms with Gasteiger partial charge < -0.3 is 4.74 Å². The summed E-state index contributed by atoms with van der Waals surface area (Å²) >= 11 is 0. The highest BCUT2D eigenvalue weighted by Gasteiger charge is 2.10. The van der Waals surface area contributed by atoms with Crippen LogP contribution >= 0.6 is 0 Å². The number of hydrogen-bond donors (Lipinski definition) is 2. The molecule has 0 spiro atoms. The molecule has 25 heavy (non-hydrogen) atoms. The molecule has 0 unspecified atom stereocenters. The van der Waals surface area contributed by atoms with Gasteiger partial charge in [-0.3, -0.25) is 10.2 Å². The van der Waals surface area contributed by atoms with Crippen molar-refractivity contribution in [3.05, 3.63) is 71.1 Å². The van der Waals surface area contributed by atoms with Gasteiger partial charge in [0.05, 0.1) is 6.10 Å². The molecule has 1 amide bonds. The number of nitrogens with one attached hydrogen (secondary N) is 2. The molecule has 6 nitrogen and oxygen atoms in total. The van der Waals surface area contributed by atoms with Crippen LogP contribution in [0.3, 0.4) is 0 Å². The monoisotopic (exact) mass is 360 g/mol. The molecule has 0 aliphatic heterocycles. The molecule has 2 aromatic rings. The largest absolute Gasteiger partial charge is 0.491 e. The number of carbonyl (C=O) groups excluding carboxylic acids is 1. The summed E-state index contributed by atoms with van der Waals surface area (Å²) in [6.07, 6.45) is 1.47. The van der Waals surface area contributed by atoms with E-state index in [1.807, 2.05) is 24.7 Å². The van der Waals surface area contributed by atoms with E-state index in [-0.39, 0.29) is 6.10 Å². The minimum absolute atomic E-state index is 0.0305. The molecule has 0 heterocycles. The van der Waals surface area contributed by atoms with Crippen molar-refractivity contribution >= 4 is 22.0 Å². The van der Waals surface area contributed by atoms with Gasteiger partial charge in [0.1, 0.15) is 5.75 Å². The van der Waals surface area contributed by atoms with E-state index < -0.39 is 15.9 Å². The highest BCUT2D eigenvalue weighted by Crippen LogP contribution is 2.13. The molecule has 0 saturated carbocycles. The van der Waals surface area contributed by atoms with Crippen LogP contribution in [0.1, 0.15) is 29.8 Å². The molecular weight excluding hydrogens is 340 g/mol. The van der Waals surface area contributed by atoms with Crippen molar-refractivity contribution in [2.24, 2.45) is 0 Å². The number of rotatable bonds is 7. The maximum atomic E-state index is 12.0. The molecule has 0 fully saturated rings. The maximum Gasteiger partial charge on any atom is 0.266 e. The Balaban J connectivity index is 1.93. The molecule has 7 heteroatoms. The Bertz CT molecular complexity index is 829. The topological polar surface area (TPSA) is 84.5 Å². The van der Waals surface area contributed by atoms with Gasteiger partial charge in [-0.1, -0.05) is 30.3 Å². The fourth-order valence-corrected chi connectivity index (χ4v) is 2.55. The summed E-state index contributed by atoms with van der Waals surface area (Å²) in [6.45, 7) is 3.80. The van der Waals surface area contributed by atoms with Crippen molar-refractivity contribution in [3.8, 4) is 5.75 Å². The Hall–Kier alpha value is -2.64. The zero-order chi connectivity index (χ0) is 18.3. The van der Waals surface area contributed by atoms with Gasteiger partial charge in [0, 0.05) is 11.0 Å². The fourth-order valence-electron chi connectivity index (χ4n) is 1.91. The fraction of sp³-hybridized carbons (Fsp3) is 0.167. The highest BCUT2D eigenvalue weighted by atomic mass is 32.2. The van der Waals surface area contributed by atoms with Crippen LogP contribution in [0.5, 0.6) is 5.75 Å². The van der Waals surface area contributed by atoms with E-state index in [1.165, 1.54) is 6.08 Å². The molecule has 2 rings (SSSR count). The van der Waals surface area contributed by atoms with Gasteiger partial charge in [-0.2, -0.15) is 0 Å². The molecule has 0 radical (unpaired) electrons. The number of sulfonamides is 1. The van der Waals surface area contributed by atoms with E-state index in [1.54, 1.807) is 48.5 Å². The minimum atomic E-state index is -3.79. The first-order valence-corrected chi connectivity index (χ1v) is 9.22. The molecule has 0 atom stereocenters. The Morgan fingerprint density at radius 3 is 2.28 bits per heavy atom. The van der Waals surface area contributed by atoms with E-state index in [0.29, 0.717) is 11.3 Å². The summed E-state index contributed by atoms with van der Waals surface area (Å²) in [5.74, 6) is 0.0747. The Morgan fingerprint density at radius 2 is 1.68 bits per heavy atom. The maximum absolute atomic E-state index is 12.0. The van der Waals surface area contributed by atoms with Crippen molar-refractivity contribution in [1.82, 2.24) is 10.3 Å². The van der Waals surface area contributed by atoms with Crippen molar-refractivity contribution in [1.29, 1.82) is 0 Å². The first-order chi connectivity index (χ1) is 11.9. The predicted octanol–water partition coefficient (Wildman–Crippen LogP) is 2.71. The number of carbonyl (C=O) groups is 1. The minimum Gasteiger partial charge on any atom is -0.491 e. The lowest BCUT2D eigenvalue weighted by molar-refractivity contribution is 0.0945. The van der Waals surface area contributed by atoms with Crippen LogP contribution in [0.15, 0.2) is 60.0 Å². The highest BCUT2D eigenvalue weighted by molar-refractivity contribution is 7.92. The van der Waals surface area contributed by atoms with Gasteiger partial charge >= 0.3 is 0 Å². The summed E-state index contributed by atoms with van der Waals surface area (Å²) in [5.41, 5.74) is 3.21. The van der Waals surface area contributed by atoms with Gasteiger partial charge in [-0.05, 0) is 49.8 Å². The lowest BCUT2D eigenvalue weighted by atomic mass is 10.2. The standard InChI is InChI=1S/C18H20N2O4S/c1-14(2)24-17-10-8-16(9-11-17)18(21)19-20-25(22,23)13-12-15-6-4-3-5-7-15/h3-14,20H,1-2H3,(H,19,21)/b13-12+. The molecule has 0 aromatic heterocycles. The summed E-state index contributed by atoms with van der Waals surface area (Å²) in [6, 6.07) is 15.4. The third kappa shape index (κ3) is 6.40. The molecule has 0 saturated heterocycles. The Labute approximate surface area is 147 Å². The average molecular weight is 360 g/mol. The molecular formula is C18H20N2O4S. The molecule has 132 valence electrons. The third-order valence-electron chi connectivity index (χ3n) is 3.03. The van der Waals surface area contributed by atoms with Gasteiger partial charge in [-0.25, -0.2) is 8.42 Å². The van der Waals surface area contributed by atoms with E-state index >= 15 is 0 Å². The molecule has 2 aromatic carbocycles. The summed E-state index contributed by atoms with van der Waals surface area (Å²) < 4.78 is 29.2. The molecule has 0 aliphatic rings. The van der Waals surface area contributed by atoms with E-state index in [0.717, 1.165) is 11.0 Å². The van der Waals surface area contributed by atoms with Gasteiger partial charge in [0.15, 0.2) is 0 Å². The lowest BCUT2D eigenvalue weighted by Crippen LogP contribution is -2.40. The normalized spacial score (nSPS) is 11.6. The number of hydrogen-bond acceptors (Lipinski definition) is 4. The van der Waals surface area contributed by atoms with Crippen LogP contribution in [-0.2, 0) is 10.0 Å². The predicted molar refractivity (Wildman–Crippen MR) is 97.2 cm³/mol. The summed E-state index contributed by atoms with van der Waals surface area (Å²) in [7, 11) is -3.79. The van der Waals surface area contributed by atoms with Crippen molar-refractivity contribution in [3.63, 3.8) is 0 Å². The summed E-state index contributed by atoms with van der Waals surface area (Å²) in [4.78, 5) is 14.0. The van der Waals surface area contributed by atoms with Crippen LogP contribution in [0.2, 0.25) is 0 Å². The van der Waals surface area contributed by atoms with Crippen LogP contribution < -0.4 is 15.0 Å². The lowest BCUT2D eigenvalue weighted by Gasteiger charge is -2.10. The SMILES string of the molecule is CC(C)Oc1ccc(C(=O)NNS(=O)(=O)/C=C/c2ccccc2)cc1. The second-order valence-corrected chi connectivity index (χ2v) is 7.07. The number of amides is 1. The van der Waals surface area contributed by atoms with Gasteiger partial charge in [0.2, 0.25) is 0 Å². The third-order valence-corrected chi connectivity index (χ3v) is 3.92. The average Bonchev–Trinajstić information content (AvgIpc) is 2.59. The first kappa shape index (κ1) is 18.7. The first-order valence-electron chi connectivity index (χ1n) is 7.68. The Morgan fingerprint density at radius 1 is 1.04 bits per heavy atom. The van der Waals surface area contributed by atoms with Crippen molar-refractivity contribution in [2.45, 2.75) is 20.0 Å². The number of hydrazine groups is 1. The van der Waals surface area contributed by atoms with Gasteiger partial charge in [0.25, 0.3) is 15.9 Å². The quantitative estimate of drug-likeness (QED) is 0.744. The summed E-state index contributed by atoms with van der Waals surface area (Å²) in [5, 5.41) is 0.988. The van der Waals surface area contributed by atoms with E-state index in [2.05, 4.69) is 5.43 Å². The molecule has 0 bridgehead atoms. The number of benzene rings is 2. The van der Waals surface area contributed by atoms with E-state index in [9.17, 15) is 13.2 Å². The van der Waals surface area contributed by atoms with Crippen LogP contribution in [0.25, 0.3) is 6.08 Å². The Kier molecular flexibility index (Phi) is 6.32. The smallest absolute Gasteiger partial charge is 0.266 e. The van der Waals surface area contributed by atoms with Crippen LogP contribution in [0.4, 0.5) is 0 Å². The second-order valence-electron chi connectivity index (χ2n) is 5.51. The molecule has 2 N–H and O–H groups in total. The zero-order valence-electron chi connectivity index (χ0n) is 14.0.